The van der Waals surface area contributed by atoms with Crippen LogP contribution >= 0.6 is 0 Å². The second-order valence-electron chi connectivity index (χ2n) is 6.37. The van der Waals surface area contributed by atoms with Gasteiger partial charge in [-0.1, -0.05) is 37.1 Å². The van der Waals surface area contributed by atoms with E-state index < -0.39 is 0 Å². The van der Waals surface area contributed by atoms with E-state index >= 15 is 0 Å². The van der Waals surface area contributed by atoms with Gasteiger partial charge in [-0.15, -0.1) is 0 Å². The highest BCUT2D eigenvalue weighted by molar-refractivity contribution is 5.36. The Kier molecular flexibility index (Phi) is 2.00. The lowest BCUT2D eigenvalue weighted by molar-refractivity contribution is 0.376. The van der Waals surface area contributed by atoms with Crippen molar-refractivity contribution in [2.75, 3.05) is 0 Å². The maximum absolute atomic E-state index is 6.78. The minimum atomic E-state index is 0.204. The van der Waals surface area contributed by atoms with Crippen molar-refractivity contribution in [1.82, 2.24) is 0 Å². The lowest BCUT2D eigenvalue weighted by atomic mass is 9.91. The first-order valence-corrected chi connectivity index (χ1v) is 7.16. The molecule has 1 heteroatoms. The molecule has 3 aliphatic carbocycles. The van der Waals surface area contributed by atoms with Gasteiger partial charge in [0, 0.05) is 5.54 Å². The molecule has 0 amide bonds. The summed E-state index contributed by atoms with van der Waals surface area (Å²) in [7, 11) is 0. The summed E-state index contributed by atoms with van der Waals surface area (Å²) < 4.78 is 0. The SMILES string of the molecule is NC1(C2Cc3ccccc3C2)C2CCCCC21. The van der Waals surface area contributed by atoms with Crippen LogP contribution in [0.2, 0.25) is 0 Å². The first-order valence-electron chi connectivity index (χ1n) is 7.16. The van der Waals surface area contributed by atoms with Crippen LogP contribution in [0.15, 0.2) is 24.3 Å². The molecule has 1 nitrogen and oxygen atoms in total. The summed E-state index contributed by atoms with van der Waals surface area (Å²) in [4.78, 5) is 0. The van der Waals surface area contributed by atoms with Gasteiger partial charge in [0.1, 0.15) is 0 Å². The molecule has 0 bridgehead atoms. The highest BCUT2D eigenvalue weighted by Gasteiger charge is 2.65. The van der Waals surface area contributed by atoms with Gasteiger partial charge in [0.05, 0.1) is 0 Å². The van der Waals surface area contributed by atoms with Crippen molar-refractivity contribution in [3.05, 3.63) is 35.4 Å². The summed E-state index contributed by atoms with van der Waals surface area (Å²) in [5.41, 5.74) is 10.1. The van der Waals surface area contributed by atoms with Crippen LogP contribution in [-0.4, -0.2) is 5.54 Å². The zero-order valence-corrected chi connectivity index (χ0v) is 10.4. The van der Waals surface area contributed by atoms with Gasteiger partial charge in [0.25, 0.3) is 0 Å². The molecule has 0 radical (unpaired) electrons. The standard InChI is InChI=1S/C16H21N/c17-16(14-7-3-4-8-15(14)16)13-9-11-5-1-2-6-12(11)10-13/h1-2,5-6,13-15H,3-4,7-10,17H2. The van der Waals surface area contributed by atoms with Crippen LogP contribution in [0.25, 0.3) is 0 Å². The molecule has 3 aliphatic rings. The number of rotatable bonds is 1. The van der Waals surface area contributed by atoms with Crippen LogP contribution < -0.4 is 5.73 Å². The van der Waals surface area contributed by atoms with E-state index in [-0.39, 0.29) is 5.54 Å². The van der Waals surface area contributed by atoms with Crippen molar-refractivity contribution in [2.24, 2.45) is 23.5 Å². The van der Waals surface area contributed by atoms with E-state index in [4.69, 9.17) is 5.73 Å². The molecule has 0 heterocycles. The number of hydrogen-bond acceptors (Lipinski definition) is 1. The fourth-order valence-electron chi connectivity index (χ4n) is 4.74. The Morgan fingerprint density at radius 3 is 2.00 bits per heavy atom. The molecular formula is C16H21N. The van der Waals surface area contributed by atoms with E-state index in [0.717, 1.165) is 17.8 Å². The predicted molar refractivity (Wildman–Crippen MR) is 69.7 cm³/mol. The topological polar surface area (TPSA) is 26.0 Å². The van der Waals surface area contributed by atoms with Crippen molar-refractivity contribution in [3.8, 4) is 0 Å². The Labute approximate surface area is 103 Å². The summed E-state index contributed by atoms with van der Waals surface area (Å²) >= 11 is 0. The highest BCUT2D eigenvalue weighted by Crippen LogP contribution is 2.62. The van der Waals surface area contributed by atoms with Crippen LogP contribution in [0.4, 0.5) is 0 Å². The van der Waals surface area contributed by atoms with Crippen LogP contribution in [0.3, 0.4) is 0 Å². The molecule has 0 saturated heterocycles. The highest BCUT2D eigenvalue weighted by atomic mass is 14.9. The maximum Gasteiger partial charge on any atom is 0.0253 e. The quantitative estimate of drug-likeness (QED) is 0.784. The Balaban J connectivity index is 1.59. The van der Waals surface area contributed by atoms with Crippen LogP contribution in [0.5, 0.6) is 0 Å². The smallest absolute Gasteiger partial charge is 0.0253 e. The molecule has 4 rings (SSSR count). The lowest BCUT2D eigenvalue weighted by Crippen LogP contribution is -2.37. The minimum absolute atomic E-state index is 0.204. The molecule has 2 saturated carbocycles. The second kappa shape index (κ2) is 3.35. The first-order chi connectivity index (χ1) is 8.30. The third kappa shape index (κ3) is 1.29. The van der Waals surface area contributed by atoms with Crippen molar-refractivity contribution in [2.45, 2.75) is 44.1 Å². The molecule has 2 unspecified atom stereocenters. The average Bonchev–Trinajstić information content (AvgIpc) is 2.80. The monoisotopic (exact) mass is 227 g/mol. The van der Waals surface area contributed by atoms with Gasteiger partial charge in [-0.25, -0.2) is 0 Å². The molecule has 2 fully saturated rings. The van der Waals surface area contributed by atoms with E-state index in [1.807, 2.05) is 0 Å². The summed E-state index contributed by atoms with van der Waals surface area (Å²) in [6, 6.07) is 8.93. The zero-order chi connectivity index (χ0) is 11.5. The number of hydrogen-bond donors (Lipinski definition) is 1. The molecule has 2 atom stereocenters. The Morgan fingerprint density at radius 2 is 1.47 bits per heavy atom. The van der Waals surface area contributed by atoms with Crippen LogP contribution in [0, 0.1) is 17.8 Å². The van der Waals surface area contributed by atoms with Gasteiger partial charge >= 0.3 is 0 Å². The van der Waals surface area contributed by atoms with Crippen molar-refractivity contribution < 1.29 is 0 Å². The first kappa shape index (κ1) is 10.1. The molecule has 1 aromatic rings. The van der Waals surface area contributed by atoms with Gasteiger partial charge < -0.3 is 5.73 Å². The van der Waals surface area contributed by atoms with Gasteiger partial charge in [-0.3, -0.25) is 0 Å². The molecule has 2 N–H and O–H groups in total. The van der Waals surface area contributed by atoms with Crippen LogP contribution in [-0.2, 0) is 12.8 Å². The normalized spacial score (nSPS) is 39.8. The largest absolute Gasteiger partial charge is 0.324 e. The predicted octanol–water partition coefficient (Wildman–Crippen LogP) is 2.92. The third-order valence-electron chi connectivity index (χ3n) is 5.70. The number of benzene rings is 1. The molecular weight excluding hydrogens is 206 g/mol. The van der Waals surface area contributed by atoms with E-state index in [1.165, 1.54) is 38.5 Å². The van der Waals surface area contributed by atoms with E-state index in [9.17, 15) is 0 Å². The van der Waals surface area contributed by atoms with E-state index in [1.54, 1.807) is 11.1 Å². The van der Waals surface area contributed by atoms with Gasteiger partial charge in [0.2, 0.25) is 0 Å². The summed E-state index contributed by atoms with van der Waals surface area (Å²) in [5, 5.41) is 0. The summed E-state index contributed by atoms with van der Waals surface area (Å²) in [5.74, 6) is 2.44. The van der Waals surface area contributed by atoms with Crippen molar-refractivity contribution in [1.29, 1.82) is 0 Å². The molecule has 1 aromatic carbocycles. The molecule has 90 valence electrons. The molecule has 0 aliphatic heterocycles. The van der Waals surface area contributed by atoms with Gasteiger partial charge in [-0.05, 0) is 54.6 Å². The molecule has 0 spiro atoms. The van der Waals surface area contributed by atoms with Crippen molar-refractivity contribution in [3.63, 3.8) is 0 Å². The Bertz CT molecular complexity index is 414. The second-order valence-corrected chi connectivity index (χ2v) is 6.37. The molecule has 0 aromatic heterocycles. The average molecular weight is 227 g/mol. The van der Waals surface area contributed by atoms with E-state index in [0.29, 0.717) is 0 Å². The zero-order valence-electron chi connectivity index (χ0n) is 10.4. The maximum atomic E-state index is 6.78. The Hall–Kier alpha value is -0.820. The summed E-state index contributed by atoms with van der Waals surface area (Å²) in [6.45, 7) is 0. The summed E-state index contributed by atoms with van der Waals surface area (Å²) in [6.07, 6.45) is 8.10. The van der Waals surface area contributed by atoms with Crippen molar-refractivity contribution >= 4 is 0 Å². The van der Waals surface area contributed by atoms with Crippen LogP contribution in [0.1, 0.15) is 36.8 Å². The third-order valence-corrected chi connectivity index (χ3v) is 5.70. The fourth-order valence-corrected chi connectivity index (χ4v) is 4.74. The number of fused-ring (bicyclic) bond motifs is 2. The van der Waals surface area contributed by atoms with E-state index in [2.05, 4.69) is 24.3 Å². The Morgan fingerprint density at radius 1 is 0.941 bits per heavy atom. The fraction of sp³-hybridized carbons (Fsp3) is 0.625. The molecule has 17 heavy (non-hydrogen) atoms. The lowest BCUT2D eigenvalue weighted by Gasteiger charge is -2.20. The van der Waals surface area contributed by atoms with Gasteiger partial charge in [-0.2, -0.15) is 0 Å². The van der Waals surface area contributed by atoms with Gasteiger partial charge in [0.15, 0.2) is 0 Å². The number of nitrogens with two attached hydrogens (primary N) is 1. The minimum Gasteiger partial charge on any atom is -0.324 e.